The summed E-state index contributed by atoms with van der Waals surface area (Å²) in [7, 11) is 2.65. The quantitative estimate of drug-likeness (QED) is 0.602. The SMILES string of the molecule is CC.CC.COc1cccc2c1C(=O)c1c(cc(CC(=O)O)c(C(C)=O)c1OC)C2=O. The van der Waals surface area contributed by atoms with E-state index in [1.807, 2.05) is 27.7 Å². The minimum absolute atomic E-state index is 0.0128. The van der Waals surface area contributed by atoms with Crippen molar-refractivity contribution >= 4 is 23.3 Å². The van der Waals surface area contributed by atoms with Crippen molar-refractivity contribution in [1.29, 1.82) is 0 Å². The van der Waals surface area contributed by atoms with Gasteiger partial charge in [0.25, 0.3) is 0 Å². The van der Waals surface area contributed by atoms with Crippen LogP contribution in [0, 0.1) is 0 Å². The van der Waals surface area contributed by atoms with Crippen LogP contribution in [-0.2, 0) is 11.2 Å². The standard InChI is InChI=1S/C20H16O7.2C2H6/c1-9(21)15-10(8-14(22)23)7-12-17(20(15)27-3)19(25)16-11(18(12)24)5-4-6-13(16)26-2;2*1-2/h4-7H,8H2,1-3H3,(H,22,23);2*1-2H3. The zero-order valence-electron chi connectivity index (χ0n) is 18.9. The largest absolute Gasteiger partial charge is 0.496 e. The first-order chi connectivity index (χ1) is 14.8. The molecule has 2 aromatic carbocycles. The van der Waals surface area contributed by atoms with Gasteiger partial charge in [-0.3, -0.25) is 19.2 Å². The Kier molecular flexibility index (Phi) is 9.12. The molecule has 1 aliphatic rings. The van der Waals surface area contributed by atoms with Crippen LogP contribution in [0.4, 0.5) is 0 Å². The summed E-state index contributed by atoms with van der Waals surface area (Å²) < 4.78 is 10.5. The van der Waals surface area contributed by atoms with Crippen LogP contribution in [0.3, 0.4) is 0 Å². The van der Waals surface area contributed by atoms with Gasteiger partial charge in [0.2, 0.25) is 5.78 Å². The molecule has 3 rings (SSSR count). The summed E-state index contributed by atoms with van der Waals surface area (Å²) in [4.78, 5) is 49.6. The summed E-state index contributed by atoms with van der Waals surface area (Å²) in [5.41, 5.74) is 0.316. The lowest BCUT2D eigenvalue weighted by Crippen LogP contribution is -2.25. The lowest BCUT2D eigenvalue weighted by Gasteiger charge is -2.24. The number of carboxylic acids is 1. The van der Waals surface area contributed by atoms with Gasteiger partial charge in [0.1, 0.15) is 11.5 Å². The molecular formula is C24H28O7. The predicted molar refractivity (Wildman–Crippen MR) is 117 cm³/mol. The number of rotatable bonds is 5. The third kappa shape index (κ3) is 4.66. The Morgan fingerprint density at radius 1 is 0.903 bits per heavy atom. The average molecular weight is 428 g/mol. The molecular weight excluding hydrogens is 400 g/mol. The molecule has 0 saturated carbocycles. The molecule has 1 aliphatic carbocycles. The number of ether oxygens (including phenoxy) is 2. The van der Waals surface area contributed by atoms with Gasteiger partial charge in [-0.05, 0) is 24.6 Å². The molecule has 2 aromatic rings. The first-order valence-corrected chi connectivity index (χ1v) is 10.0. The number of carboxylic acid groups (broad SMARTS) is 1. The Labute approximate surface area is 182 Å². The van der Waals surface area contributed by atoms with E-state index >= 15 is 0 Å². The Morgan fingerprint density at radius 3 is 2.00 bits per heavy atom. The molecule has 0 bridgehead atoms. The number of benzene rings is 2. The molecule has 0 aliphatic heterocycles. The van der Waals surface area contributed by atoms with Crippen LogP contribution in [0.5, 0.6) is 11.5 Å². The maximum Gasteiger partial charge on any atom is 0.307 e. The fraction of sp³-hybridized carbons (Fsp3) is 0.333. The third-order valence-electron chi connectivity index (χ3n) is 4.45. The maximum absolute atomic E-state index is 13.2. The zero-order valence-corrected chi connectivity index (χ0v) is 18.9. The number of fused-ring (bicyclic) bond motifs is 2. The highest BCUT2D eigenvalue weighted by Gasteiger charge is 2.37. The van der Waals surface area contributed by atoms with Crippen molar-refractivity contribution in [2.75, 3.05) is 14.2 Å². The zero-order chi connectivity index (χ0) is 23.9. The van der Waals surface area contributed by atoms with E-state index in [9.17, 15) is 19.2 Å². The molecule has 0 aromatic heterocycles. The molecule has 0 radical (unpaired) electrons. The summed E-state index contributed by atoms with van der Waals surface area (Å²) >= 11 is 0. The van der Waals surface area contributed by atoms with E-state index in [0.717, 1.165) is 0 Å². The molecule has 7 nitrogen and oxygen atoms in total. The molecule has 1 N–H and O–H groups in total. The van der Waals surface area contributed by atoms with Gasteiger partial charge in [-0.15, -0.1) is 0 Å². The molecule has 0 heterocycles. The smallest absolute Gasteiger partial charge is 0.307 e. The third-order valence-corrected chi connectivity index (χ3v) is 4.45. The van der Waals surface area contributed by atoms with Crippen LogP contribution in [0.1, 0.15) is 82.4 Å². The van der Waals surface area contributed by atoms with Gasteiger partial charge in [-0.25, -0.2) is 0 Å². The molecule has 0 atom stereocenters. The number of ketones is 3. The van der Waals surface area contributed by atoms with Crippen molar-refractivity contribution in [3.63, 3.8) is 0 Å². The molecule has 0 fully saturated rings. The number of methoxy groups -OCH3 is 2. The van der Waals surface area contributed by atoms with Crippen molar-refractivity contribution < 1.29 is 33.8 Å². The van der Waals surface area contributed by atoms with Gasteiger partial charge < -0.3 is 14.6 Å². The van der Waals surface area contributed by atoms with Crippen LogP contribution < -0.4 is 9.47 Å². The Balaban J connectivity index is 0.00000113. The average Bonchev–Trinajstić information content (AvgIpc) is 2.78. The second-order valence-electron chi connectivity index (χ2n) is 6.03. The number of carbonyl (C=O) groups excluding carboxylic acids is 3. The molecule has 0 unspecified atom stereocenters. The van der Waals surface area contributed by atoms with Crippen LogP contribution in [0.25, 0.3) is 0 Å². The first-order valence-electron chi connectivity index (χ1n) is 10.0. The van der Waals surface area contributed by atoms with Gasteiger partial charge in [-0.1, -0.05) is 39.8 Å². The van der Waals surface area contributed by atoms with E-state index in [-0.39, 0.29) is 44.9 Å². The summed E-state index contributed by atoms with van der Waals surface area (Å²) in [6.07, 6.45) is -0.481. The fourth-order valence-corrected chi connectivity index (χ4v) is 3.40. The van der Waals surface area contributed by atoms with Crippen LogP contribution in [0.15, 0.2) is 24.3 Å². The van der Waals surface area contributed by atoms with Gasteiger partial charge >= 0.3 is 5.97 Å². The van der Waals surface area contributed by atoms with Crippen molar-refractivity contribution in [3.05, 3.63) is 57.6 Å². The van der Waals surface area contributed by atoms with Crippen LogP contribution in [-0.4, -0.2) is 42.6 Å². The molecule has 0 saturated heterocycles. The number of Topliss-reactive ketones (excluding diaryl/α,β-unsaturated/α-hetero) is 1. The lowest BCUT2D eigenvalue weighted by molar-refractivity contribution is -0.136. The van der Waals surface area contributed by atoms with Gasteiger partial charge in [0.05, 0.1) is 37.3 Å². The number of hydrogen-bond acceptors (Lipinski definition) is 6. The summed E-state index contributed by atoms with van der Waals surface area (Å²) in [6.45, 7) is 9.25. The second kappa shape index (κ2) is 11.1. The van der Waals surface area contributed by atoms with E-state index in [4.69, 9.17) is 14.6 Å². The van der Waals surface area contributed by atoms with Gasteiger partial charge in [-0.2, -0.15) is 0 Å². The maximum atomic E-state index is 13.2. The van der Waals surface area contributed by atoms with Crippen molar-refractivity contribution in [2.45, 2.75) is 41.0 Å². The summed E-state index contributed by atoms with van der Waals surface area (Å²) in [5, 5.41) is 9.16. The fourth-order valence-electron chi connectivity index (χ4n) is 3.40. The first kappa shape index (κ1) is 25.6. The monoisotopic (exact) mass is 428 g/mol. The van der Waals surface area contributed by atoms with E-state index in [0.29, 0.717) is 0 Å². The molecule has 166 valence electrons. The Morgan fingerprint density at radius 2 is 1.52 bits per heavy atom. The van der Waals surface area contributed by atoms with E-state index in [1.165, 1.54) is 33.3 Å². The normalized spacial score (nSPS) is 11.1. The highest BCUT2D eigenvalue weighted by atomic mass is 16.5. The molecule has 31 heavy (non-hydrogen) atoms. The van der Waals surface area contributed by atoms with Crippen molar-refractivity contribution in [2.24, 2.45) is 0 Å². The summed E-state index contributed by atoms with van der Waals surface area (Å²) in [5.74, 6) is -2.46. The lowest BCUT2D eigenvalue weighted by atomic mass is 9.80. The topological polar surface area (TPSA) is 107 Å². The van der Waals surface area contributed by atoms with Crippen LogP contribution >= 0.6 is 0 Å². The summed E-state index contributed by atoms with van der Waals surface area (Å²) in [6, 6.07) is 5.95. The minimum atomic E-state index is -1.17. The highest BCUT2D eigenvalue weighted by molar-refractivity contribution is 6.31. The Bertz CT molecular complexity index is 1020. The minimum Gasteiger partial charge on any atom is -0.496 e. The van der Waals surface area contributed by atoms with Gasteiger partial charge in [0, 0.05) is 11.1 Å². The van der Waals surface area contributed by atoms with Crippen LogP contribution in [0.2, 0.25) is 0 Å². The number of hydrogen-bond donors (Lipinski definition) is 1. The van der Waals surface area contributed by atoms with Crippen molar-refractivity contribution in [1.82, 2.24) is 0 Å². The predicted octanol–water partition coefficient (Wildman–Crippen LogP) is 4.36. The van der Waals surface area contributed by atoms with E-state index in [1.54, 1.807) is 12.1 Å². The molecule has 0 spiro atoms. The Hall–Kier alpha value is -3.48. The molecule has 0 amide bonds. The second-order valence-corrected chi connectivity index (χ2v) is 6.03. The van der Waals surface area contributed by atoms with Gasteiger partial charge in [0.15, 0.2) is 11.6 Å². The number of carbonyl (C=O) groups is 4. The highest BCUT2D eigenvalue weighted by Crippen LogP contribution is 2.40. The number of aliphatic carboxylic acids is 1. The van der Waals surface area contributed by atoms with E-state index in [2.05, 4.69) is 0 Å². The van der Waals surface area contributed by atoms with Crippen molar-refractivity contribution in [3.8, 4) is 11.5 Å². The molecule has 7 heteroatoms. The van der Waals surface area contributed by atoms with E-state index < -0.39 is 29.7 Å².